The molecule has 0 amide bonds. The molecule has 0 saturated heterocycles. The molecule has 1 aromatic carbocycles. The van der Waals surface area contributed by atoms with Crippen LogP contribution in [0.4, 0.5) is 0 Å². The molecule has 1 aliphatic rings. The molecule has 0 aliphatic heterocycles. The van der Waals surface area contributed by atoms with Gasteiger partial charge in [0.25, 0.3) is 0 Å². The lowest BCUT2D eigenvalue weighted by molar-refractivity contribution is 0.230. The Labute approximate surface area is 135 Å². The summed E-state index contributed by atoms with van der Waals surface area (Å²) in [7, 11) is 0. The number of aliphatic hydroxyl groups is 1. The topological polar surface area (TPSA) is 46.2 Å². The van der Waals surface area contributed by atoms with Crippen LogP contribution < -0.4 is 5.73 Å². The van der Waals surface area contributed by atoms with Gasteiger partial charge in [-0.25, -0.2) is 0 Å². The molecule has 0 aromatic heterocycles. The lowest BCUT2D eigenvalue weighted by atomic mass is 9.92. The van der Waals surface area contributed by atoms with E-state index >= 15 is 0 Å². The first-order valence-corrected chi connectivity index (χ1v) is 8.79. The molecule has 0 radical (unpaired) electrons. The van der Waals surface area contributed by atoms with Gasteiger partial charge in [0.2, 0.25) is 0 Å². The number of unbranched alkanes of at least 4 members (excludes halogenated alkanes) is 5. The van der Waals surface area contributed by atoms with E-state index < -0.39 is 5.54 Å². The molecule has 1 aromatic rings. The third-order valence-corrected chi connectivity index (χ3v) is 4.80. The van der Waals surface area contributed by atoms with E-state index in [1.807, 2.05) is 6.92 Å². The Balaban J connectivity index is 1.85. The van der Waals surface area contributed by atoms with E-state index in [2.05, 4.69) is 31.2 Å². The molecule has 2 rings (SSSR count). The van der Waals surface area contributed by atoms with Gasteiger partial charge in [0.1, 0.15) is 0 Å². The molecular weight excluding hydrogens is 270 g/mol. The summed E-state index contributed by atoms with van der Waals surface area (Å²) in [5.41, 5.74) is 10.8. The number of aliphatic hydroxyl groups excluding tert-OH is 1. The minimum Gasteiger partial charge on any atom is -0.394 e. The van der Waals surface area contributed by atoms with Crippen LogP contribution in [0.15, 0.2) is 23.8 Å². The van der Waals surface area contributed by atoms with Gasteiger partial charge in [0.15, 0.2) is 0 Å². The molecule has 0 saturated carbocycles. The van der Waals surface area contributed by atoms with Crippen molar-refractivity contribution in [3.05, 3.63) is 40.5 Å². The van der Waals surface area contributed by atoms with Gasteiger partial charge in [-0.2, -0.15) is 0 Å². The zero-order chi connectivity index (χ0) is 16.0. The molecule has 0 unspecified atom stereocenters. The minimum atomic E-state index is -0.599. The van der Waals surface area contributed by atoms with Crippen molar-refractivity contribution in [3.63, 3.8) is 0 Å². The number of benzene rings is 1. The fourth-order valence-electron chi connectivity index (χ4n) is 3.13. The van der Waals surface area contributed by atoms with Crippen LogP contribution in [0.5, 0.6) is 0 Å². The summed E-state index contributed by atoms with van der Waals surface area (Å²) in [6.45, 7) is 4.16. The van der Waals surface area contributed by atoms with Crippen molar-refractivity contribution in [3.8, 4) is 0 Å². The third kappa shape index (κ3) is 4.44. The fourth-order valence-corrected chi connectivity index (χ4v) is 3.13. The maximum atomic E-state index is 9.43. The van der Waals surface area contributed by atoms with E-state index in [0.29, 0.717) is 0 Å². The highest BCUT2D eigenvalue weighted by molar-refractivity contribution is 5.66. The van der Waals surface area contributed by atoms with Crippen LogP contribution in [-0.4, -0.2) is 17.3 Å². The summed E-state index contributed by atoms with van der Waals surface area (Å²) in [6, 6.07) is 6.79. The summed E-state index contributed by atoms with van der Waals surface area (Å²) >= 11 is 0. The number of nitrogens with two attached hydrogens (primary N) is 1. The maximum absolute atomic E-state index is 9.43. The van der Waals surface area contributed by atoms with E-state index in [1.54, 1.807) is 0 Å². The van der Waals surface area contributed by atoms with Crippen molar-refractivity contribution in [2.45, 2.75) is 70.8 Å². The van der Waals surface area contributed by atoms with Crippen LogP contribution in [-0.2, 0) is 12.8 Å². The van der Waals surface area contributed by atoms with E-state index in [-0.39, 0.29) is 6.61 Å². The molecule has 1 aliphatic carbocycles. The van der Waals surface area contributed by atoms with Crippen molar-refractivity contribution >= 4 is 6.08 Å². The quantitative estimate of drug-likeness (QED) is 0.670. The second kappa shape index (κ2) is 7.94. The van der Waals surface area contributed by atoms with E-state index in [0.717, 1.165) is 12.0 Å². The Kier molecular flexibility index (Phi) is 6.22. The first-order valence-electron chi connectivity index (χ1n) is 8.79. The van der Waals surface area contributed by atoms with Gasteiger partial charge < -0.3 is 10.8 Å². The number of hydrogen-bond acceptors (Lipinski definition) is 2. The zero-order valence-corrected chi connectivity index (χ0v) is 14.2. The van der Waals surface area contributed by atoms with Crippen LogP contribution in [0, 0.1) is 0 Å². The first kappa shape index (κ1) is 17.2. The predicted octanol–water partition coefficient (Wildman–Crippen LogP) is 4.24. The van der Waals surface area contributed by atoms with Crippen LogP contribution in [0.25, 0.3) is 6.08 Å². The highest BCUT2D eigenvalue weighted by atomic mass is 16.3. The number of hydrogen-bond donors (Lipinski definition) is 2. The SMILES string of the molecule is CCCCCCCCc1ccc2c(c1)CC([C@@](C)(N)CO)=C2. The Morgan fingerprint density at radius 2 is 1.86 bits per heavy atom. The summed E-state index contributed by atoms with van der Waals surface area (Å²) in [4.78, 5) is 0. The molecule has 0 fully saturated rings. The Morgan fingerprint density at radius 3 is 2.59 bits per heavy atom. The average Bonchev–Trinajstić information content (AvgIpc) is 2.95. The normalized spacial score (nSPS) is 16.3. The molecule has 0 spiro atoms. The van der Waals surface area contributed by atoms with Gasteiger partial charge in [-0.3, -0.25) is 0 Å². The van der Waals surface area contributed by atoms with E-state index in [1.165, 1.54) is 61.6 Å². The lowest BCUT2D eigenvalue weighted by Gasteiger charge is -2.23. The lowest BCUT2D eigenvalue weighted by Crippen LogP contribution is -2.42. The zero-order valence-electron chi connectivity index (χ0n) is 14.2. The van der Waals surface area contributed by atoms with Gasteiger partial charge in [-0.15, -0.1) is 0 Å². The van der Waals surface area contributed by atoms with Crippen molar-refractivity contribution in [1.29, 1.82) is 0 Å². The molecular formula is C20H31NO. The molecule has 22 heavy (non-hydrogen) atoms. The van der Waals surface area contributed by atoms with Gasteiger partial charge in [0.05, 0.1) is 12.1 Å². The van der Waals surface area contributed by atoms with Crippen LogP contribution >= 0.6 is 0 Å². The molecule has 0 heterocycles. The van der Waals surface area contributed by atoms with Crippen LogP contribution in [0.2, 0.25) is 0 Å². The number of fused-ring (bicyclic) bond motifs is 1. The Bertz CT molecular complexity index is 516. The Hall–Kier alpha value is -1.12. The Morgan fingerprint density at radius 1 is 1.14 bits per heavy atom. The number of rotatable bonds is 9. The minimum absolute atomic E-state index is 0.00254. The van der Waals surface area contributed by atoms with Crippen molar-refractivity contribution in [1.82, 2.24) is 0 Å². The summed E-state index contributed by atoms with van der Waals surface area (Å²) in [5.74, 6) is 0. The van der Waals surface area contributed by atoms with Crippen molar-refractivity contribution < 1.29 is 5.11 Å². The summed E-state index contributed by atoms with van der Waals surface area (Å²) < 4.78 is 0. The van der Waals surface area contributed by atoms with Gasteiger partial charge in [0, 0.05) is 0 Å². The largest absolute Gasteiger partial charge is 0.394 e. The molecule has 1 atom stereocenters. The molecule has 2 heteroatoms. The standard InChI is InChI=1S/C20H31NO/c1-3-4-5-6-7-8-9-16-10-11-17-13-19(14-18(17)12-16)20(2,21)15-22/h10-13,22H,3-9,14-15,21H2,1-2H3/t20-/m0/s1. The first-order chi connectivity index (χ1) is 10.6. The maximum Gasteiger partial charge on any atom is 0.0647 e. The smallest absolute Gasteiger partial charge is 0.0647 e. The summed E-state index contributed by atoms with van der Waals surface area (Å²) in [5, 5.41) is 9.43. The molecule has 122 valence electrons. The van der Waals surface area contributed by atoms with E-state index in [9.17, 15) is 5.11 Å². The fraction of sp³-hybridized carbons (Fsp3) is 0.600. The molecule has 0 bridgehead atoms. The highest BCUT2D eigenvalue weighted by Crippen LogP contribution is 2.31. The number of aryl methyl sites for hydroxylation is 1. The van der Waals surface area contributed by atoms with Gasteiger partial charge >= 0.3 is 0 Å². The van der Waals surface area contributed by atoms with Crippen LogP contribution in [0.1, 0.15) is 69.1 Å². The van der Waals surface area contributed by atoms with Crippen molar-refractivity contribution in [2.24, 2.45) is 5.73 Å². The monoisotopic (exact) mass is 301 g/mol. The van der Waals surface area contributed by atoms with Gasteiger partial charge in [-0.1, -0.05) is 63.3 Å². The second-order valence-electron chi connectivity index (χ2n) is 6.97. The third-order valence-electron chi connectivity index (χ3n) is 4.80. The van der Waals surface area contributed by atoms with Gasteiger partial charge in [-0.05, 0) is 48.4 Å². The van der Waals surface area contributed by atoms with E-state index in [4.69, 9.17) is 5.73 Å². The predicted molar refractivity (Wildman–Crippen MR) is 94.9 cm³/mol. The molecule has 2 nitrogen and oxygen atoms in total. The van der Waals surface area contributed by atoms with Crippen molar-refractivity contribution in [2.75, 3.05) is 6.61 Å². The second-order valence-corrected chi connectivity index (χ2v) is 6.97. The average molecular weight is 301 g/mol. The summed E-state index contributed by atoms with van der Waals surface area (Å²) in [6.07, 6.45) is 12.3. The molecule has 3 N–H and O–H groups in total. The highest BCUT2D eigenvalue weighted by Gasteiger charge is 2.27. The van der Waals surface area contributed by atoms with Crippen LogP contribution in [0.3, 0.4) is 0 Å².